The van der Waals surface area contributed by atoms with Gasteiger partial charge in [-0.15, -0.1) is 0 Å². The number of carbonyl (C=O) groups is 1. The summed E-state index contributed by atoms with van der Waals surface area (Å²) in [5.41, 5.74) is 2.49. The fraction of sp³-hybridized carbons (Fsp3) is 0.235. The lowest BCUT2D eigenvalue weighted by Gasteiger charge is -2.07. The number of aromatic nitrogens is 4. The first-order valence-electron chi connectivity index (χ1n) is 7.55. The van der Waals surface area contributed by atoms with Gasteiger partial charge in [0.1, 0.15) is 5.69 Å². The van der Waals surface area contributed by atoms with Crippen molar-refractivity contribution in [2.75, 3.05) is 5.32 Å². The van der Waals surface area contributed by atoms with E-state index < -0.39 is 0 Å². The first-order valence-corrected chi connectivity index (χ1v) is 7.55. The second-order valence-corrected chi connectivity index (χ2v) is 5.69. The molecule has 1 N–H and O–H groups in total. The summed E-state index contributed by atoms with van der Waals surface area (Å²) in [5.74, 6) is -0.341. The van der Waals surface area contributed by atoms with Crippen LogP contribution in [0.15, 0.2) is 41.3 Å². The number of carbonyl (C=O) groups excluding carboxylic acids is 1. The minimum Gasteiger partial charge on any atom is -0.316 e. The molecule has 0 radical (unpaired) electrons. The van der Waals surface area contributed by atoms with Crippen molar-refractivity contribution in [3.05, 3.63) is 63.8 Å². The van der Waals surface area contributed by atoms with Gasteiger partial charge in [0.05, 0.1) is 22.6 Å². The van der Waals surface area contributed by atoms with Gasteiger partial charge >= 0.3 is 0 Å². The Morgan fingerprint density at radius 2 is 1.79 bits per heavy atom. The molecule has 24 heavy (non-hydrogen) atoms. The minimum atomic E-state index is -0.341. The highest BCUT2D eigenvalue weighted by atomic mass is 16.2. The molecule has 0 aliphatic carbocycles. The van der Waals surface area contributed by atoms with E-state index in [0.717, 1.165) is 5.69 Å². The number of hydrogen-bond donors (Lipinski definition) is 1. The number of para-hydroxylation sites is 1. The summed E-state index contributed by atoms with van der Waals surface area (Å²) in [6.07, 6.45) is 1.64. The Kier molecular flexibility index (Phi) is 3.84. The molecule has 7 heteroatoms. The number of nitrogens with one attached hydrogen (secondary N) is 1. The van der Waals surface area contributed by atoms with Crippen molar-refractivity contribution in [3.63, 3.8) is 0 Å². The van der Waals surface area contributed by atoms with E-state index in [1.165, 1.54) is 4.68 Å². The van der Waals surface area contributed by atoms with Crippen molar-refractivity contribution in [1.82, 2.24) is 19.1 Å². The molecule has 0 fully saturated rings. The van der Waals surface area contributed by atoms with E-state index >= 15 is 0 Å². The average molecular weight is 325 g/mol. The molecule has 1 aromatic carbocycles. The number of amides is 1. The van der Waals surface area contributed by atoms with Crippen LogP contribution in [-0.4, -0.2) is 25.1 Å². The van der Waals surface area contributed by atoms with Gasteiger partial charge in [0, 0.05) is 20.3 Å². The highest BCUT2D eigenvalue weighted by Crippen LogP contribution is 2.15. The summed E-state index contributed by atoms with van der Waals surface area (Å²) in [4.78, 5) is 25.3. The number of aryl methyl sites for hydroxylation is 2. The Hall–Kier alpha value is -3.09. The molecule has 0 spiro atoms. The first kappa shape index (κ1) is 15.8. The zero-order valence-corrected chi connectivity index (χ0v) is 14.1. The topological polar surface area (TPSA) is 73.8 Å². The second-order valence-electron chi connectivity index (χ2n) is 5.69. The summed E-state index contributed by atoms with van der Waals surface area (Å²) in [6, 6.07) is 9.30. The molecule has 0 aliphatic heterocycles. The Morgan fingerprint density at radius 1 is 1.12 bits per heavy atom. The Labute approximate surface area is 139 Å². The normalized spacial score (nSPS) is 10.8. The summed E-state index contributed by atoms with van der Waals surface area (Å²) in [7, 11) is 3.54. The first-order chi connectivity index (χ1) is 11.4. The van der Waals surface area contributed by atoms with Gasteiger partial charge in [-0.2, -0.15) is 5.10 Å². The molecule has 7 nitrogen and oxygen atoms in total. The van der Waals surface area contributed by atoms with Crippen LogP contribution in [0.3, 0.4) is 0 Å². The number of rotatable bonds is 3. The number of hydrogen-bond acceptors (Lipinski definition) is 3. The quantitative estimate of drug-likeness (QED) is 0.798. The van der Waals surface area contributed by atoms with E-state index in [1.807, 2.05) is 30.3 Å². The van der Waals surface area contributed by atoms with E-state index in [-0.39, 0.29) is 17.2 Å². The molecular weight excluding hydrogens is 306 g/mol. The van der Waals surface area contributed by atoms with Gasteiger partial charge in [0.25, 0.3) is 11.5 Å². The minimum absolute atomic E-state index is 0.268. The fourth-order valence-electron chi connectivity index (χ4n) is 2.72. The van der Waals surface area contributed by atoms with E-state index in [2.05, 4.69) is 10.4 Å². The van der Waals surface area contributed by atoms with Crippen molar-refractivity contribution in [2.24, 2.45) is 14.1 Å². The van der Waals surface area contributed by atoms with Crippen molar-refractivity contribution in [1.29, 1.82) is 0 Å². The van der Waals surface area contributed by atoms with Crippen LogP contribution in [0.5, 0.6) is 0 Å². The standard InChI is InChI=1S/C17H19N5O2/c1-11-14(10-20(3)19-11)16(23)18-15-12(2)21(4)22(17(15)24)13-8-6-5-7-9-13/h5-10H,1-4H3,(H,18,23). The Balaban J connectivity index is 2.03. The third kappa shape index (κ3) is 2.54. The predicted molar refractivity (Wildman–Crippen MR) is 91.6 cm³/mol. The van der Waals surface area contributed by atoms with Crippen LogP contribution in [0.2, 0.25) is 0 Å². The zero-order chi connectivity index (χ0) is 17.4. The highest BCUT2D eigenvalue weighted by molar-refractivity contribution is 6.05. The molecule has 0 atom stereocenters. The molecular formula is C17H19N5O2. The van der Waals surface area contributed by atoms with Gasteiger partial charge in [-0.05, 0) is 26.0 Å². The van der Waals surface area contributed by atoms with Gasteiger partial charge in [-0.3, -0.25) is 19.0 Å². The van der Waals surface area contributed by atoms with Crippen molar-refractivity contribution >= 4 is 11.6 Å². The molecule has 3 aromatic rings. The maximum Gasteiger partial charge on any atom is 0.295 e. The van der Waals surface area contributed by atoms with Gasteiger partial charge in [-0.25, -0.2) is 4.68 Å². The van der Waals surface area contributed by atoms with Crippen LogP contribution < -0.4 is 10.9 Å². The van der Waals surface area contributed by atoms with Crippen molar-refractivity contribution in [2.45, 2.75) is 13.8 Å². The number of nitrogens with zero attached hydrogens (tertiary/aromatic N) is 4. The number of benzene rings is 1. The molecule has 1 amide bonds. The van der Waals surface area contributed by atoms with Crippen LogP contribution in [0, 0.1) is 13.8 Å². The van der Waals surface area contributed by atoms with Crippen LogP contribution in [-0.2, 0) is 14.1 Å². The smallest absolute Gasteiger partial charge is 0.295 e. The van der Waals surface area contributed by atoms with Gasteiger partial charge < -0.3 is 5.32 Å². The molecule has 2 aromatic heterocycles. The average Bonchev–Trinajstić information content (AvgIpc) is 3.00. The van der Waals surface area contributed by atoms with Gasteiger partial charge in [0.15, 0.2) is 0 Å². The third-order valence-corrected chi connectivity index (χ3v) is 4.05. The zero-order valence-electron chi connectivity index (χ0n) is 14.1. The number of anilines is 1. The molecule has 0 saturated heterocycles. The molecule has 2 heterocycles. The van der Waals surface area contributed by atoms with Crippen LogP contribution in [0.4, 0.5) is 5.69 Å². The molecule has 0 aliphatic rings. The van der Waals surface area contributed by atoms with E-state index in [1.54, 1.807) is 43.5 Å². The Morgan fingerprint density at radius 3 is 2.38 bits per heavy atom. The highest BCUT2D eigenvalue weighted by Gasteiger charge is 2.20. The molecule has 0 unspecified atom stereocenters. The van der Waals surface area contributed by atoms with E-state index in [0.29, 0.717) is 17.0 Å². The lowest BCUT2D eigenvalue weighted by atomic mass is 10.2. The van der Waals surface area contributed by atoms with Crippen LogP contribution >= 0.6 is 0 Å². The predicted octanol–water partition coefficient (Wildman–Crippen LogP) is 1.78. The summed E-state index contributed by atoms with van der Waals surface area (Å²) in [5, 5.41) is 6.89. The molecule has 0 bridgehead atoms. The van der Waals surface area contributed by atoms with Crippen molar-refractivity contribution in [3.8, 4) is 5.69 Å². The Bertz CT molecular complexity index is 963. The fourth-order valence-corrected chi connectivity index (χ4v) is 2.72. The maximum atomic E-state index is 12.8. The summed E-state index contributed by atoms with van der Waals surface area (Å²) >= 11 is 0. The molecule has 3 rings (SSSR count). The molecule has 0 saturated carbocycles. The SMILES string of the molecule is Cc1nn(C)cc1C(=O)Nc1c(C)n(C)n(-c2ccccc2)c1=O. The summed E-state index contributed by atoms with van der Waals surface area (Å²) < 4.78 is 4.83. The second kappa shape index (κ2) is 5.84. The largest absolute Gasteiger partial charge is 0.316 e. The van der Waals surface area contributed by atoms with E-state index in [4.69, 9.17) is 0 Å². The maximum absolute atomic E-state index is 12.8. The van der Waals surface area contributed by atoms with Gasteiger partial charge in [0.2, 0.25) is 0 Å². The van der Waals surface area contributed by atoms with Gasteiger partial charge in [-0.1, -0.05) is 18.2 Å². The van der Waals surface area contributed by atoms with E-state index in [9.17, 15) is 9.59 Å². The van der Waals surface area contributed by atoms with Crippen LogP contribution in [0.1, 0.15) is 21.7 Å². The lowest BCUT2D eigenvalue weighted by molar-refractivity contribution is 0.102. The van der Waals surface area contributed by atoms with Crippen LogP contribution in [0.25, 0.3) is 5.69 Å². The monoisotopic (exact) mass is 325 g/mol. The lowest BCUT2D eigenvalue weighted by Crippen LogP contribution is -2.23. The van der Waals surface area contributed by atoms with Crippen molar-refractivity contribution < 1.29 is 4.79 Å². The summed E-state index contributed by atoms with van der Waals surface area (Å²) in [6.45, 7) is 3.56. The molecule has 124 valence electrons. The third-order valence-electron chi connectivity index (χ3n) is 4.05.